The molecule has 1 atom stereocenters. The lowest BCUT2D eigenvalue weighted by molar-refractivity contribution is 0.528. The van der Waals surface area contributed by atoms with Gasteiger partial charge in [-0.15, -0.1) is 11.3 Å². The van der Waals surface area contributed by atoms with Gasteiger partial charge in [-0.3, -0.25) is 0 Å². The number of thiazole rings is 1. The molecule has 15 heavy (non-hydrogen) atoms. The second-order valence-electron chi connectivity index (χ2n) is 3.71. The minimum atomic E-state index is 0.363. The Bertz CT molecular complexity index is 460. The van der Waals surface area contributed by atoms with E-state index in [9.17, 15) is 0 Å². The Hall–Kier alpha value is -1.36. The summed E-state index contributed by atoms with van der Waals surface area (Å²) in [5.41, 5.74) is 1.06. The van der Waals surface area contributed by atoms with Crippen molar-refractivity contribution in [1.29, 1.82) is 0 Å². The second-order valence-corrected chi connectivity index (χ2v) is 4.64. The molecule has 4 nitrogen and oxygen atoms in total. The molecule has 3 heterocycles. The molecule has 2 aromatic rings. The number of nitrogens with one attached hydrogen (secondary N) is 1. The van der Waals surface area contributed by atoms with Gasteiger partial charge in [-0.1, -0.05) is 0 Å². The number of imidazole rings is 1. The Labute approximate surface area is 92.0 Å². The summed E-state index contributed by atoms with van der Waals surface area (Å²) in [6.45, 7) is 2.99. The number of aryl methyl sites for hydroxylation is 1. The summed E-state index contributed by atoms with van der Waals surface area (Å²) in [5.74, 6) is 0.971. The van der Waals surface area contributed by atoms with Gasteiger partial charge in [0.25, 0.3) is 0 Å². The van der Waals surface area contributed by atoms with Gasteiger partial charge in [-0.2, -0.15) is 0 Å². The molecule has 5 heteroatoms. The molecule has 2 aromatic heterocycles. The maximum atomic E-state index is 4.44. The van der Waals surface area contributed by atoms with Crippen LogP contribution in [0.2, 0.25) is 0 Å². The predicted molar refractivity (Wildman–Crippen MR) is 60.3 cm³/mol. The van der Waals surface area contributed by atoms with E-state index in [1.165, 1.54) is 5.01 Å². The molecule has 3 rings (SSSR count). The van der Waals surface area contributed by atoms with Crippen molar-refractivity contribution in [1.82, 2.24) is 14.5 Å². The number of rotatable bonds is 1. The number of anilines is 1. The number of hydrogen-bond donors (Lipinski definition) is 1. The lowest BCUT2D eigenvalue weighted by Crippen LogP contribution is -2.23. The van der Waals surface area contributed by atoms with Gasteiger partial charge in [-0.25, -0.2) is 9.97 Å². The van der Waals surface area contributed by atoms with E-state index in [2.05, 4.69) is 26.0 Å². The van der Waals surface area contributed by atoms with Crippen LogP contribution in [0.15, 0.2) is 17.8 Å². The van der Waals surface area contributed by atoms with Crippen molar-refractivity contribution in [3.05, 3.63) is 28.5 Å². The van der Waals surface area contributed by atoms with E-state index in [4.69, 9.17) is 0 Å². The van der Waals surface area contributed by atoms with E-state index < -0.39 is 0 Å². The first kappa shape index (κ1) is 8.91. The summed E-state index contributed by atoms with van der Waals surface area (Å²) in [7, 11) is 0. The summed E-state index contributed by atoms with van der Waals surface area (Å²) < 4.78 is 2.19. The van der Waals surface area contributed by atoms with Gasteiger partial charge in [0, 0.05) is 24.3 Å². The van der Waals surface area contributed by atoms with Crippen LogP contribution in [-0.2, 0) is 0 Å². The molecule has 1 aliphatic heterocycles. The highest BCUT2D eigenvalue weighted by Gasteiger charge is 2.23. The van der Waals surface area contributed by atoms with E-state index in [0.717, 1.165) is 24.6 Å². The fourth-order valence-electron chi connectivity index (χ4n) is 1.99. The molecule has 0 radical (unpaired) electrons. The number of fused-ring (bicyclic) bond motifs is 1. The number of hydrogen-bond acceptors (Lipinski definition) is 4. The lowest BCUT2D eigenvalue weighted by Gasteiger charge is -2.24. The van der Waals surface area contributed by atoms with E-state index >= 15 is 0 Å². The van der Waals surface area contributed by atoms with Crippen LogP contribution in [0.3, 0.4) is 0 Å². The zero-order valence-corrected chi connectivity index (χ0v) is 9.29. The van der Waals surface area contributed by atoms with Crippen LogP contribution in [0.4, 0.5) is 5.95 Å². The van der Waals surface area contributed by atoms with E-state index in [1.54, 1.807) is 11.3 Å². The monoisotopic (exact) mass is 220 g/mol. The Balaban J connectivity index is 2.06. The molecular weight excluding hydrogens is 208 g/mol. The van der Waals surface area contributed by atoms with Gasteiger partial charge in [0.2, 0.25) is 5.95 Å². The molecule has 0 bridgehead atoms. The molecule has 0 spiro atoms. The summed E-state index contributed by atoms with van der Waals surface area (Å²) in [6, 6.07) is 0.363. The molecule has 1 unspecified atom stereocenters. The maximum absolute atomic E-state index is 4.44. The van der Waals surface area contributed by atoms with Crippen molar-refractivity contribution in [3.8, 4) is 0 Å². The van der Waals surface area contributed by atoms with Crippen LogP contribution in [0.1, 0.15) is 23.2 Å². The van der Waals surface area contributed by atoms with Crippen LogP contribution in [0.5, 0.6) is 0 Å². The van der Waals surface area contributed by atoms with E-state index in [0.29, 0.717) is 6.04 Å². The highest BCUT2D eigenvalue weighted by Crippen LogP contribution is 2.30. The first-order valence-electron chi connectivity index (χ1n) is 5.03. The minimum absolute atomic E-state index is 0.363. The highest BCUT2D eigenvalue weighted by molar-refractivity contribution is 7.09. The van der Waals surface area contributed by atoms with Crippen LogP contribution < -0.4 is 5.32 Å². The molecule has 1 N–H and O–H groups in total. The van der Waals surface area contributed by atoms with Crippen molar-refractivity contribution < 1.29 is 0 Å². The van der Waals surface area contributed by atoms with Crippen LogP contribution in [0, 0.1) is 6.92 Å². The Morgan fingerprint density at radius 2 is 2.53 bits per heavy atom. The van der Waals surface area contributed by atoms with Gasteiger partial charge in [0.05, 0.1) is 11.7 Å². The molecule has 0 amide bonds. The molecule has 0 saturated carbocycles. The molecular formula is C10H12N4S. The third-order valence-electron chi connectivity index (χ3n) is 2.63. The Morgan fingerprint density at radius 3 is 3.33 bits per heavy atom. The van der Waals surface area contributed by atoms with Crippen molar-refractivity contribution >= 4 is 17.3 Å². The van der Waals surface area contributed by atoms with Gasteiger partial charge >= 0.3 is 0 Å². The lowest BCUT2D eigenvalue weighted by atomic mass is 10.2. The van der Waals surface area contributed by atoms with Gasteiger partial charge in [-0.05, 0) is 13.3 Å². The number of nitrogens with zero attached hydrogens (tertiary/aromatic N) is 3. The fourth-order valence-corrected chi connectivity index (χ4v) is 2.76. The van der Waals surface area contributed by atoms with Gasteiger partial charge < -0.3 is 9.88 Å². The SMILES string of the molecule is Cc1cn2c(n1)NCCC2c1nccs1. The first-order chi connectivity index (χ1) is 7.34. The van der Waals surface area contributed by atoms with Crippen molar-refractivity contribution in [2.75, 3.05) is 11.9 Å². The number of aromatic nitrogens is 3. The molecule has 0 saturated heterocycles. The van der Waals surface area contributed by atoms with E-state index in [-0.39, 0.29) is 0 Å². The van der Waals surface area contributed by atoms with Crippen LogP contribution >= 0.6 is 11.3 Å². The van der Waals surface area contributed by atoms with E-state index in [1.807, 2.05) is 18.5 Å². The quantitative estimate of drug-likeness (QED) is 0.800. The fraction of sp³-hybridized carbons (Fsp3) is 0.400. The third-order valence-corrected chi connectivity index (χ3v) is 3.50. The van der Waals surface area contributed by atoms with Gasteiger partial charge in [0.15, 0.2) is 0 Å². The molecule has 0 aliphatic carbocycles. The van der Waals surface area contributed by atoms with Crippen molar-refractivity contribution in [2.45, 2.75) is 19.4 Å². The average molecular weight is 220 g/mol. The van der Waals surface area contributed by atoms with Crippen molar-refractivity contribution in [3.63, 3.8) is 0 Å². The maximum Gasteiger partial charge on any atom is 0.203 e. The Kier molecular flexibility index (Phi) is 1.98. The van der Waals surface area contributed by atoms with Crippen LogP contribution in [0.25, 0.3) is 0 Å². The smallest absolute Gasteiger partial charge is 0.203 e. The van der Waals surface area contributed by atoms with Gasteiger partial charge in [0.1, 0.15) is 5.01 Å². The van der Waals surface area contributed by atoms with Crippen molar-refractivity contribution in [2.24, 2.45) is 0 Å². The molecule has 78 valence electrons. The van der Waals surface area contributed by atoms with Crippen LogP contribution in [-0.4, -0.2) is 21.1 Å². The predicted octanol–water partition coefficient (Wildman–Crippen LogP) is 2.05. The summed E-state index contributed by atoms with van der Waals surface area (Å²) in [4.78, 5) is 8.83. The summed E-state index contributed by atoms with van der Waals surface area (Å²) in [5, 5.41) is 6.51. The average Bonchev–Trinajstić information content (AvgIpc) is 2.82. The molecule has 0 fully saturated rings. The highest BCUT2D eigenvalue weighted by atomic mass is 32.1. The standard InChI is InChI=1S/C10H12N4S/c1-7-6-14-8(9-11-4-5-15-9)2-3-12-10(14)13-7/h4-6,8H,2-3H2,1H3,(H,12,13). The zero-order valence-electron chi connectivity index (χ0n) is 8.47. The normalized spacial score (nSPS) is 19.7. The minimum Gasteiger partial charge on any atom is -0.356 e. The summed E-state index contributed by atoms with van der Waals surface area (Å²) in [6.07, 6.45) is 5.04. The summed E-state index contributed by atoms with van der Waals surface area (Å²) >= 11 is 1.71. The largest absolute Gasteiger partial charge is 0.356 e. The first-order valence-corrected chi connectivity index (χ1v) is 5.91. The second kappa shape index (κ2) is 3.34. The molecule has 1 aliphatic rings. The molecule has 0 aromatic carbocycles. The third kappa shape index (κ3) is 1.43. The topological polar surface area (TPSA) is 42.7 Å². The Morgan fingerprint density at radius 1 is 1.60 bits per heavy atom. The zero-order chi connectivity index (χ0) is 10.3.